The van der Waals surface area contributed by atoms with Crippen LogP contribution in [0.3, 0.4) is 0 Å². The second-order valence-corrected chi connectivity index (χ2v) is 11.5. The number of carbonyl (C=O) groups excluding carboxylic acids is 1. The van der Waals surface area contributed by atoms with E-state index in [1.54, 1.807) is 10.7 Å². The number of aromatic nitrogens is 2. The first-order valence-corrected chi connectivity index (χ1v) is 13.2. The Hall–Kier alpha value is -2.39. The number of likely N-dealkylation sites (tertiary alicyclic amines) is 1. The third-order valence-corrected chi connectivity index (χ3v) is 8.03. The monoisotopic (exact) mass is 459 g/mol. The zero-order chi connectivity index (χ0) is 22.7. The van der Waals surface area contributed by atoms with E-state index in [-0.39, 0.29) is 23.6 Å². The van der Waals surface area contributed by atoms with Gasteiger partial charge in [0.2, 0.25) is 0 Å². The number of hydrogen-bond donors (Lipinski definition) is 2. The molecule has 0 spiro atoms. The molecule has 2 saturated heterocycles. The van der Waals surface area contributed by atoms with Gasteiger partial charge in [-0.15, -0.1) is 0 Å². The molecule has 2 aromatic rings. The van der Waals surface area contributed by atoms with Crippen LogP contribution in [0.5, 0.6) is 0 Å². The lowest BCUT2D eigenvalue weighted by molar-refractivity contribution is 0.176. The Morgan fingerprint density at radius 3 is 2.62 bits per heavy atom. The Bertz CT molecular complexity index is 1050. The first-order valence-electron chi connectivity index (χ1n) is 11.4. The summed E-state index contributed by atoms with van der Waals surface area (Å²) >= 11 is 0. The van der Waals surface area contributed by atoms with Crippen molar-refractivity contribution in [2.45, 2.75) is 52.2 Å². The van der Waals surface area contributed by atoms with E-state index >= 15 is 0 Å². The molecule has 32 heavy (non-hydrogen) atoms. The van der Waals surface area contributed by atoms with Crippen molar-refractivity contribution in [3.63, 3.8) is 0 Å². The fourth-order valence-electron chi connectivity index (χ4n) is 4.65. The number of nitrogens with zero attached hydrogens (tertiary/aromatic N) is 3. The van der Waals surface area contributed by atoms with E-state index in [0.717, 1.165) is 36.8 Å². The second kappa shape index (κ2) is 9.62. The van der Waals surface area contributed by atoms with Crippen LogP contribution in [0.4, 0.5) is 10.6 Å². The molecule has 4 rings (SSSR count). The lowest BCUT2D eigenvalue weighted by Gasteiger charge is -2.30. The van der Waals surface area contributed by atoms with Crippen LogP contribution in [0.15, 0.2) is 30.3 Å². The first-order chi connectivity index (χ1) is 15.3. The van der Waals surface area contributed by atoms with Crippen molar-refractivity contribution in [2.24, 2.45) is 5.92 Å². The summed E-state index contributed by atoms with van der Waals surface area (Å²) in [7, 11) is -3.03. The predicted molar refractivity (Wildman–Crippen MR) is 125 cm³/mol. The van der Waals surface area contributed by atoms with Gasteiger partial charge in [0.05, 0.1) is 23.2 Å². The van der Waals surface area contributed by atoms with Gasteiger partial charge in [-0.2, -0.15) is 5.10 Å². The van der Waals surface area contributed by atoms with Crippen LogP contribution < -0.4 is 10.6 Å². The molecule has 0 saturated carbocycles. The van der Waals surface area contributed by atoms with Crippen molar-refractivity contribution in [3.8, 4) is 0 Å². The number of anilines is 1. The standard InChI is InChI=1S/C23H33N5O3S/c1-17-4-3-10-27(14-17)15-20-7-5-19(6-8-20)13-24-23(29)25-22-12-18(2)26-28(22)21-9-11-32(30,31)16-21/h5-8,12,17,21H,3-4,9-11,13-16H2,1-2H3,(H2,24,25,29)/t17-,21+/m1/s1. The molecule has 0 unspecified atom stereocenters. The molecular formula is C23H33N5O3S. The number of sulfone groups is 1. The van der Waals surface area contributed by atoms with Gasteiger partial charge in [-0.05, 0) is 49.8 Å². The Balaban J connectivity index is 1.29. The summed E-state index contributed by atoms with van der Waals surface area (Å²) in [5, 5.41) is 10.1. The average molecular weight is 460 g/mol. The molecular weight excluding hydrogens is 426 g/mol. The lowest BCUT2D eigenvalue weighted by Crippen LogP contribution is -2.33. The van der Waals surface area contributed by atoms with Crippen LogP contribution >= 0.6 is 0 Å². The van der Waals surface area contributed by atoms with Crippen molar-refractivity contribution in [1.82, 2.24) is 20.0 Å². The predicted octanol–water partition coefficient (Wildman–Crippen LogP) is 3.10. The quantitative estimate of drug-likeness (QED) is 0.692. The largest absolute Gasteiger partial charge is 0.334 e. The minimum Gasteiger partial charge on any atom is -0.334 e. The van der Waals surface area contributed by atoms with Crippen molar-refractivity contribution >= 4 is 21.7 Å². The van der Waals surface area contributed by atoms with E-state index in [1.165, 1.54) is 18.4 Å². The third-order valence-electron chi connectivity index (χ3n) is 6.28. The van der Waals surface area contributed by atoms with E-state index < -0.39 is 9.84 Å². The fraction of sp³-hybridized carbons (Fsp3) is 0.565. The lowest BCUT2D eigenvalue weighted by atomic mass is 9.99. The van der Waals surface area contributed by atoms with Crippen LogP contribution in [0.25, 0.3) is 0 Å². The summed E-state index contributed by atoms with van der Waals surface area (Å²) in [6.07, 6.45) is 3.11. The van der Waals surface area contributed by atoms with Gasteiger partial charge < -0.3 is 5.32 Å². The fourth-order valence-corrected chi connectivity index (χ4v) is 6.34. The highest BCUT2D eigenvalue weighted by Crippen LogP contribution is 2.27. The molecule has 2 amide bonds. The second-order valence-electron chi connectivity index (χ2n) is 9.28. The maximum Gasteiger partial charge on any atom is 0.320 e. The number of rotatable bonds is 6. The third kappa shape index (κ3) is 5.89. The Morgan fingerprint density at radius 2 is 1.94 bits per heavy atom. The topological polar surface area (TPSA) is 96.3 Å². The molecule has 174 valence electrons. The van der Waals surface area contributed by atoms with Crippen LogP contribution in [-0.2, 0) is 22.9 Å². The van der Waals surface area contributed by atoms with E-state index in [1.807, 2.05) is 6.92 Å². The van der Waals surface area contributed by atoms with Gasteiger partial charge in [-0.1, -0.05) is 31.2 Å². The summed E-state index contributed by atoms with van der Waals surface area (Å²) in [6.45, 7) is 7.85. The van der Waals surface area contributed by atoms with Crippen LogP contribution in [-0.4, -0.2) is 53.7 Å². The highest BCUT2D eigenvalue weighted by molar-refractivity contribution is 7.91. The number of piperidine rings is 1. The Morgan fingerprint density at radius 1 is 1.19 bits per heavy atom. The average Bonchev–Trinajstić information content (AvgIpc) is 3.28. The number of urea groups is 1. The van der Waals surface area contributed by atoms with Crippen molar-refractivity contribution < 1.29 is 13.2 Å². The zero-order valence-electron chi connectivity index (χ0n) is 18.9. The van der Waals surface area contributed by atoms with Gasteiger partial charge in [0, 0.05) is 25.7 Å². The number of amides is 2. The van der Waals surface area contributed by atoms with Crippen molar-refractivity contribution in [1.29, 1.82) is 0 Å². The molecule has 1 aromatic carbocycles. The molecule has 2 fully saturated rings. The van der Waals surface area contributed by atoms with Crippen LogP contribution in [0, 0.1) is 12.8 Å². The normalized spacial score (nSPS) is 23.2. The highest BCUT2D eigenvalue weighted by atomic mass is 32.2. The summed E-state index contributed by atoms with van der Waals surface area (Å²) in [6, 6.07) is 9.57. The maximum atomic E-state index is 12.5. The maximum absolute atomic E-state index is 12.5. The number of nitrogens with one attached hydrogen (secondary N) is 2. The van der Waals surface area contributed by atoms with E-state index in [4.69, 9.17) is 0 Å². The molecule has 2 N–H and O–H groups in total. The van der Waals surface area contributed by atoms with Gasteiger partial charge in [-0.3, -0.25) is 10.2 Å². The Kier molecular flexibility index (Phi) is 6.85. The Labute approximate surface area is 190 Å². The van der Waals surface area contributed by atoms with Gasteiger partial charge in [0.1, 0.15) is 5.82 Å². The minimum absolute atomic E-state index is 0.0626. The molecule has 2 aliphatic heterocycles. The van der Waals surface area contributed by atoms with Gasteiger partial charge in [0.15, 0.2) is 9.84 Å². The van der Waals surface area contributed by atoms with Gasteiger partial charge in [0.25, 0.3) is 0 Å². The highest BCUT2D eigenvalue weighted by Gasteiger charge is 2.31. The van der Waals surface area contributed by atoms with Crippen molar-refractivity contribution in [3.05, 3.63) is 47.2 Å². The van der Waals surface area contributed by atoms with Crippen molar-refractivity contribution in [2.75, 3.05) is 29.9 Å². The van der Waals surface area contributed by atoms with Gasteiger partial charge in [-0.25, -0.2) is 17.9 Å². The summed E-state index contributed by atoms with van der Waals surface area (Å²) in [4.78, 5) is 15.0. The molecule has 0 bridgehead atoms. The molecule has 8 nitrogen and oxygen atoms in total. The molecule has 2 atom stereocenters. The first kappa shape index (κ1) is 22.8. The summed E-state index contributed by atoms with van der Waals surface area (Å²) in [5.41, 5.74) is 3.06. The molecule has 9 heteroatoms. The van der Waals surface area contributed by atoms with E-state index in [2.05, 4.69) is 51.8 Å². The number of carbonyl (C=O) groups is 1. The molecule has 0 radical (unpaired) electrons. The number of benzene rings is 1. The number of aryl methyl sites for hydroxylation is 1. The summed E-state index contributed by atoms with van der Waals surface area (Å²) < 4.78 is 25.3. The zero-order valence-corrected chi connectivity index (χ0v) is 19.7. The number of hydrogen-bond acceptors (Lipinski definition) is 5. The van der Waals surface area contributed by atoms with E-state index in [0.29, 0.717) is 18.8 Å². The van der Waals surface area contributed by atoms with Crippen LogP contribution in [0.1, 0.15) is 49.0 Å². The van der Waals surface area contributed by atoms with Crippen LogP contribution in [0.2, 0.25) is 0 Å². The SMILES string of the molecule is Cc1cc(NC(=O)NCc2ccc(CN3CCC[C@@H](C)C3)cc2)n([C@H]2CCS(=O)(=O)C2)n1. The summed E-state index contributed by atoms with van der Waals surface area (Å²) in [5.74, 6) is 1.51. The molecule has 2 aliphatic rings. The minimum atomic E-state index is -3.03. The van der Waals surface area contributed by atoms with E-state index in [9.17, 15) is 13.2 Å². The van der Waals surface area contributed by atoms with Gasteiger partial charge >= 0.3 is 6.03 Å². The smallest absolute Gasteiger partial charge is 0.320 e. The molecule has 0 aliphatic carbocycles. The molecule has 1 aromatic heterocycles. The molecule has 3 heterocycles.